The van der Waals surface area contributed by atoms with E-state index in [4.69, 9.17) is 9.84 Å². The van der Waals surface area contributed by atoms with Gasteiger partial charge in [-0.1, -0.05) is 0 Å². The van der Waals surface area contributed by atoms with Gasteiger partial charge >= 0.3 is 5.97 Å². The molecule has 2 rings (SSSR count). The summed E-state index contributed by atoms with van der Waals surface area (Å²) in [6.07, 6.45) is 3.69. The Hall–Kier alpha value is -1.49. The molecular weight excluding hydrogens is 208 g/mol. The topological polar surface area (TPSA) is 72.3 Å². The molecule has 0 saturated carbocycles. The quantitative estimate of drug-likeness (QED) is 0.831. The molecule has 1 aliphatic carbocycles. The summed E-state index contributed by atoms with van der Waals surface area (Å²) in [5, 5.41) is 9.10. The van der Waals surface area contributed by atoms with Crippen LogP contribution in [0.3, 0.4) is 0 Å². The second kappa shape index (κ2) is 4.57. The van der Waals surface area contributed by atoms with E-state index in [1.165, 1.54) is 0 Å². The number of rotatable bonds is 3. The number of ether oxygens (including phenoxy) is 1. The van der Waals surface area contributed by atoms with E-state index >= 15 is 0 Å². The Morgan fingerprint density at radius 2 is 2.12 bits per heavy atom. The second-order valence-electron chi connectivity index (χ2n) is 3.86. The van der Waals surface area contributed by atoms with Crippen LogP contribution in [0.1, 0.15) is 40.4 Å². The van der Waals surface area contributed by atoms with Crippen molar-refractivity contribution in [2.75, 3.05) is 7.11 Å². The fourth-order valence-corrected chi connectivity index (χ4v) is 2.02. The zero-order valence-corrected chi connectivity index (χ0v) is 9.19. The van der Waals surface area contributed by atoms with Crippen molar-refractivity contribution in [3.05, 3.63) is 22.8 Å². The zero-order valence-electron chi connectivity index (χ0n) is 9.19. The van der Waals surface area contributed by atoms with E-state index in [-0.39, 0.29) is 12.3 Å². The average Bonchev–Trinajstić information content (AvgIpc) is 2.28. The Bertz CT molecular complexity index is 418. The van der Waals surface area contributed by atoms with Crippen molar-refractivity contribution in [2.45, 2.75) is 32.3 Å². The number of methoxy groups -OCH3 is 1. The molecule has 1 heterocycles. The normalized spacial score (nSPS) is 14.6. The summed E-state index contributed by atoms with van der Waals surface area (Å²) < 4.78 is 4.94. The SMILES string of the molecule is COCc1nc2c(c(C(=O)O)n1)CCCC2. The highest BCUT2D eigenvalue weighted by Gasteiger charge is 2.21. The monoisotopic (exact) mass is 222 g/mol. The van der Waals surface area contributed by atoms with E-state index in [1.54, 1.807) is 7.11 Å². The van der Waals surface area contributed by atoms with Gasteiger partial charge in [0, 0.05) is 18.4 Å². The molecule has 1 aromatic rings. The third-order valence-electron chi connectivity index (χ3n) is 2.71. The number of hydrogen-bond donors (Lipinski definition) is 1. The first-order valence-corrected chi connectivity index (χ1v) is 5.33. The number of aromatic carboxylic acids is 1. The molecule has 0 aromatic carbocycles. The summed E-state index contributed by atoms with van der Waals surface area (Å²) in [7, 11) is 1.54. The van der Waals surface area contributed by atoms with Gasteiger partial charge in [-0.05, 0) is 25.7 Å². The number of carboxylic acids is 1. The minimum Gasteiger partial charge on any atom is -0.477 e. The number of aryl methyl sites for hydroxylation is 1. The van der Waals surface area contributed by atoms with E-state index in [0.29, 0.717) is 5.82 Å². The summed E-state index contributed by atoms with van der Waals surface area (Å²) in [5.41, 5.74) is 1.83. The molecule has 0 fully saturated rings. The van der Waals surface area contributed by atoms with Gasteiger partial charge in [-0.25, -0.2) is 14.8 Å². The highest BCUT2D eigenvalue weighted by molar-refractivity contribution is 5.87. The molecule has 0 unspecified atom stereocenters. The third kappa shape index (κ3) is 2.04. The van der Waals surface area contributed by atoms with Crippen LogP contribution in [-0.2, 0) is 24.2 Å². The van der Waals surface area contributed by atoms with Gasteiger partial charge in [0.05, 0.1) is 0 Å². The van der Waals surface area contributed by atoms with Gasteiger partial charge in [-0.2, -0.15) is 0 Å². The lowest BCUT2D eigenvalue weighted by Gasteiger charge is -2.17. The lowest BCUT2D eigenvalue weighted by Crippen LogP contribution is -2.17. The number of fused-ring (bicyclic) bond motifs is 1. The minimum absolute atomic E-state index is 0.150. The molecule has 1 N–H and O–H groups in total. The fraction of sp³-hybridized carbons (Fsp3) is 0.545. The molecule has 0 amide bonds. The van der Waals surface area contributed by atoms with Crippen LogP contribution in [-0.4, -0.2) is 28.2 Å². The second-order valence-corrected chi connectivity index (χ2v) is 3.86. The molecule has 0 saturated heterocycles. The van der Waals surface area contributed by atoms with Crippen molar-refractivity contribution in [1.82, 2.24) is 9.97 Å². The molecule has 0 atom stereocenters. The lowest BCUT2D eigenvalue weighted by molar-refractivity contribution is 0.0687. The summed E-state index contributed by atoms with van der Waals surface area (Å²) in [4.78, 5) is 19.5. The van der Waals surface area contributed by atoms with Crippen molar-refractivity contribution in [3.8, 4) is 0 Å². The van der Waals surface area contributed by atoms with E-state index in [1.807, 2.05) is 0 Å². The van der Waals surface area contributed by atoms with Gasteiger partial charge in [0.2, 0.25) is 0 Å². The van der Waals surface area contributed by atoms with Crippen molar-refractivity contribution >= 4 is 5.97 Å². The van der Waals surface area contributed by atoms with Crippen LogP contribution < -0.4 is 0 Å². The van der Waals surface area contributed by atoms with Crippen molar-refractivity contribution in [1.29, 1.82) is 0 Å². The molecule has 1 aromatic heterocycles. The van der Waals surface area contributed by atoms with Crippen molar-refractivity contribution < 1.29 is 14.6 Å². The average molecular weight is 222 g/mol. The molecular formula is C11H14N2O3. The molecule has 86 valence electrons. The van der Waals surface area contributed by atoms with Gasteiger partial charge in [0.1, 0.15) is 6.61 Å². The van der Waals surface area contributed by atoms with Crippen LogP contribution in [0.5, 0.6) is 0 Å². The molecule has 5 heteroatoms. The molecule has 0 radical (unpaired) electrons. The first kappa shape index (κ1) is 11.0. The number of nitrogens with zero attached hydrogens (tertiary/aromatic N) is 2. The van der Waals surface area contributed by atoms with Gasteiger partial charge in [0.15, 0.2) is 11.5 Å². The fourth-order valence-electron chi connectivity index (χ4n) is 2.02. The van der Waals surface area contributed by atoms with Crippen LogP contribution >= 0.6 is 0 Å². The Labute approximate surface area is 93.5 Å². The maximum atomic E-state index is 11.1. The highest BCUT2D eigenvalue weighted by atomic mass is 16.5. The summed E-state index contributed by atoms with van der Waals surface area (Å²) in [6.45, 7) is 0.257. The van der Waals surface area contributed by atoms with E-state index < -0.39 is 5.97 Å². The van der Waals surface area contributed by atoms with Crippen LogP contribution in [0.15, 0.2) is 0 Å². The number of carboxylic acid groups (broad SMARTS) is 1. The summed E-state index contributed by atoms with van der Waals surface area (Å²) >= 11 is 0. The predicted octanol–water partition coefficient (Wildman–Crippen LogP) is 1.20. The zero-order chi connectivity index (χ0) is 11.5. The number of hydrogen-bond acceptors (Lipinski definition) is 4. The standard InChI is InChI=1S/C11H14N2O3/c1-16-6-9-12-8-5-3-2-4-7(8)10(13-9)11(14)15/h2-6H2,1H3,(H,14,15). The number of carbonyl (C=O) groups is 1. The maximum absolute atomic E-state index is 11.1. The Morgan fingerprint density at radius 3 is 2.81 bits per heavy atom. The van der Waals surface area contributed by atoms with Crippen molar-refractivity contribution in [3.63, 3.8) is 0 Å². The predicted molar refractivity (Wildman–Crippen MR) is 56.3 cm³/mol. The molecule has 0 spiro atoms. The number of aromatic nitrogens is 2. The summed E-state index contributed by atoms with van der Waals surface area (Å²) in [6, 6.07) is 0. The summed E-state index contributed by atoms with van der Waals surface area (Å²) in [5.74, 6) is -0.515. The largest absolute Gasteiger partial charge is 0.477 e. The molecule has 0 bridgehead atoms. The molecule has 0 aliphatic heterocycles. The van der Waals surface area contributed by atoms with Crippen LogP contribution in [0.4, 0.5) is 0 Å². The van der Waals surface area contributed by atoms with Crippen LogP contribution in [0, 0.1) is 0 Å². The van der Waals surface area contributed by atoms with Gasteiger partial charge < -0.3 is 9.84 Å². The van der Waals surface area contributed by atoms with Gasteiger partial charge in [-0.15, -0.1) is 0 Å². The minimum atomic E-state index is -0.974. The maximum Gasteiger partial charge on any atom is 0.354 e. The first-order valence-electron chi connectivity index (χ1n) is 5.33. The molecule has 1 aliphatic rings. The molecule has 5 nitrogen and oxygen atoms in total. The molecule has 16 heavy (non-hydrogen) atoms. The van der Waals surface area contributed by atoms with Gasteiger partial charge in [0.25, 0.3) is 0 Å². The Morgan fingerprint density at radius 1 is 1.38 bits per heavy atom. The Balaban J connectivity index is 2.47. The van der Waals surface area contributed by atoms with E-state index in [9.17, 15) is 4.79 Å². The van der Waals surface area contributed by atoms with E-state index in [2.05, 4.69) is 9.97 Å². The Kier molecular flexibility index (Phi) is 3.14. The van der Waals surface area contributed by atoms with Gasteiger partial charge in [-0.3, -0.25) is 0 Å². The van der Waals surface area contributed by atoms with Crippen molar-refractivity contribution in [2.24, 2.45) is 0 Å². The van der Waals surface area contributed by atoms with Crippen LogP contribution in [0.2, 0.25) is 0 Å². The highest BCUT2D eigenvalue weighted by Crippen LogP contribution is 2.22. The first-order chi connectivity index (χ1) is 7.72. The lowest BCUT2D eigenvalue weighted by atomic mass is 9.94. The van der Waals surface area contributed by atoms with Crippen LogP contribution in [0.25, 0.3) is 0 Å². The smallest absolute Gasteiger partial charge is 0.354 e. The third-order valence-corrected chi connectivity index (χ3v) is 2.71. The van der Waals surface area contributed by atoms with E-state index in [0.717, 1.165) is 36.9 Å².